The second kappa shape index (κ2) is 6.24. The number of aliphatic carboxylic acids is 1. The van der Waals surface area contributed by atoms with Crippen LogP contribution in [0.25, 0.3) is 0 Å². The van der Waals surface area contributed by atoms with Gasteiger partial charge in [-0.25, -0.2) is 0 Å². The van der Waals surface area contributed by atoms with Gasteiger partial charge in [0, 0.05) is 17.1 Å². The molecule has 0 amide bonds. The minimum Gasteiger partial charge on any atom is -0.481 e. The molecule has 5 heteroatoms. The zero-order chi connectivity index (χ0) is 12.8. The molecule has 4 nitrogen and oxygen atoms in total. The molecule has 0 saturated heterocycles. The predicted octanol–water partition coefficient (Wildman–Crippen LogP) is 2.31. The van der Waals surface area contributed by atoms with Crippen molar-refractivity contribution in [3.8, 4) is 6.07 Å². The molecule has 0 aliphatic rings. The highest BCUT2D eigenvalue weighted by Crippen LogP contribution is 2.26. The Morgan fingerprint density at radius 1 is 1.59 bits per heavy atom. The number of nitrogens with zero attached hydrogens (tertiary/aromatic N) is 2. The Hall–Kier alpha value is -1.57. The van der Waals surface area contributed by atoms with E-state index in [1.807, 2.05) is 0 Å². The first-order chi connectivity index (χ1) is 8.06. The molecule has 1 aromatic rings. The van der Waals surface area contributed by atoms with E-state index in [0.717, 1.165) is 0 Å². The van der Waals surface area contributed by atoms with Crippen molar-refractivity contribution < 1.29 is 9.90 Å². The molecule has 0 aliphatic carbocycles. The molecule has 1 N–H and O–H groups in total. The minimum atomic E-state index is -0.882. The van der Waals surface area contributed by atoms with Crippen LogP contribution in [0.15, 0.2) is 24.3 Å². The highest BCUT2D eigenvalue weighted by Gasteiger charge is 2.19. The van der Waals surface area contributed by atoms with Gasteiger partial charge in [0.05, 0.1) is 12.5 Å². The predicted molar refractivity (Wildman–Crippen MR) is 64.7 cm³/mol. The molecule has 0 bridgehead atoms. The van der Waals surface area contributed by atoms with Crippen molar-refractivity contribution in [2.24, 2.45) is 0 Å². The number of rotatable bonds is 5. The smallest absolute Gasteiger partial charge is 0.304 e. The molecule has 0 heterocycles. The molecule has 0 spiro atoms. The molecule has 90 valence electrons. The van der Waals surface area contributed by atoms with Crippen LogP contribution in [-0.2, 0) is 4.79 Å². The van der Waals surface area contributed by atoms with Crippen LogP contribution in [0.3, 0.4) is 0 Å². The van der Waals surface area contributed by atoms with Gasteiger partial charge in [0.15, 0.2) is 0 Å². The lowest BCUT2D eigenvalue weighted by atomic mass is 10.1. The van der Waals surface area contributed by atoms with E-state index >= 15 is 0 Å². The van der Waals surface area contributed by atoms with Crippen LogP contribution in [-0.4, -0.2) is 29.6 Å². The zero-order valence-corrected chi connectivity index (χ0v) is 10.2. The number of carbonyl (C=O) groups is 1. The first kappa shape index (κ1) is 13.5. The molecule has 0 aliphatic heterocycles. The Morgan fingerprint density at radius 3 is 2.76 bits per heavy atom. The summed E-state index contributed by atoms with van der Waals surface area (Å²) in [7, 11) is 1.71. The Balaban J connectivity index is 2.82. The first-order valence-corrected chi connectivity index (χ1v) is 5.50. The van der Waals surface area contributed by atoms with Crippen molar-refractivity contribution in [1.82, 2.24) is 4.90 Å². The van der Waals surface area contributed by atoms with Gasteiger partial charge in [-0.05, 0) is 13.1 Å². The van der Waals surface area contributed by atoms with E-state index in [2.05, 4.69) is 6.07 Å². The molecule has 1 atom stereocenters. The molecule has 0 radical (unpaired) electrons. The number of carboxylic acids is 1. The van der Waals surface area contributed by atoms with Crippen LogP contribution in [0, 0.1) is 11.3 Å². The molecule has 1 unspecified atom stereocenters. The number of hydrogen-bond donors (Lipinski definition) is 1. The molecule has 17 heavy (non-hydrogen) atoms. The average Bonchev–Trinajstić information content (AvgIpc) is 2.30. The average molecular weight is 253 g/mol. The zero-order valence-electron chi connectivity index (χ0n) is 9.43. The third kappa shape index (κ3) is 3.74. The van der Waals surface area contributed by atoms with Gasteiger partial charge in [-0.1, -0.05) is 29.8 Å². The maximum Gasteiger partial charge on any atom is 0.304 e. The molecular weight excluding hydrogens is 240 g/mol. The Kier molecular flexibility index (Phi) is 4.95. The normalized spacial score (nSPS) is 12.1. The third-order valence-electron chi connectivity index (χ3n) is 2.44. The fourth-order valence-electron chi connectivity index (χ4n) is 1.50. The second-order valence-electron chi connectivity index (χ2n) is 3.68. The van der Waals surface area contributed by atoms with Crippen LogP contribution < -0.4 is 0 Å². The summed E-state index contributed by atoms with van der Waals surface area (Å²) in [5.41, 5.74) is 0.699. The summed E-state index contributed by atoms with van der Waals surface area (Å²) >= 11 is 6.01. The van der Waals surface area contributed by atoms with Gasteiger partial charge in [-0.15, -0.1) is 0 Å². The van der Waals surface area contributed by atoms with E-state index in [1.165, 1.54) is 0 Å². The lowest BCUT2D eigenvalue weighted by Crippen LogP contribution is -2.26. The highest BCUT2D eigenvalue weighted by molar-refractivity contribution is 6.31. The van der Waals surface area contributed by atoms with Gasteiger partial charge in [-0.3, -0.25) is 9.69 Å². The van der Waals surface area contributed by atoms with Gasteiger partial charge in [0.25, 0.3) is 0 Å². The standard InChI is InChI=1S/C12H13ClN2O2/c1-15(7-6-12(16)17)11(8-14)9-4-2-3-5-10(9)13/h2-5,11H,6-7H2,1H3,(H,16,17). The number of hydrogen-bond acceptors (Lipinski definition) is 3. The van der Waals surface area contributed by atoms with Gasteiger partial charge >= 0.3 is 5.97 Å². The first-order valence-electron chi connectivity index (χ1n) is 5.12. The quantitative estimate of drug-likeness (QED) is 0.873. The van der Waals surface area contributed by atoms with Crippen molar-refractivity contribution in [1.29, 1.82) is 5.26 Å². The number of halogens is 1. The molecule has 1 rings (SSSR count). The van der Waals surface area contributed by atoms with Crippen LogP contribution in [0.5, 0.6) is 0 Å². The fourth-order valence-corrected chi connectivity index (χ4v) is 1.74. The Bertz CT molecular complexity index is 442. The SMILES string of the molecule is CN(CCC(=O)O)C(C#N)c1ccccc1Cl. The maximum atomic E-state index is 10.5. The Labute approximate surface area is 105 Å². The molecular formula is C12H13ClN2O2. The van der Waals surface area contributed by atoms with Crippen LogP contribution in [0.4, 0.5) is 0 Å². The number of nitriles is 1. The lowest BCUT2D eigenvalue weighted by molar-refractivity contribution is -0.137. The summed E-state index contributed by atoms with van der Waals surface area (Å²) in [5.74, 6) is -0.882. The number of benzene rings is 1. The van der Waals surface area contributed by atoms with Gasteiger partial charge in [0.1, 0.15) is 6.04 Å². The van der Waals surface area contributed by atoms with Crippen LogP contribution >= 0.6 is 11.6 Å². The minimum absolute atomic E-state index is 0.000860. The maximum absolute atomic E-state index is 10.5. The molecule has 0 aromatic heterocycles. The fraction of sp³-hybridized carbons (Fsp3) is 0.333. The highest BCUT2D eigenvalue weighted by atomic mass is 35.5. The monoisotopic (exact) mass is 252 g/mol. The number of carboxylic acid groups (broad SMARTS) is 1. The van der Waals surface area contributed by atoms with Gasteiger partial charge in [0.2, 0.25) is 0 Å². The molecule has 0 fully saturated rings. The lowest BCUT2D eigenvalue weighted by Gasteiger charge is -2.22. The van der Waals surface area contributed by atoms with Gasteiger partial charge < -0.3 is 5.11 Å². The largest absolute Gasteiger partial charge is 0.481 e. The summed E-state index contributed by atoms with van der Waals surface area (Å²) in [6, 6.07) is 8.68. The van der Waals surface area contributed by atoms with E-state index in [1.54, 1.807) is 36.2 Å². The van der Waals surface area contributed by atoms with Crippen molar-refractivity contribution in [3.63, 3.8) is 0 Å². The van der Waals surface area contributed by atoms with Gasteiger partial charge in [-0.2, -0.15) is 5.26 Å². The molecule has 1 aromatic carbocycles. The topological polar surface area (TPSA) is 64.3 Å². The van der Waals surface area contributed by atoms with E-state index in [9.17, 15) is 4.79 Å². The second-order valence-corrected chi connectivity index (χ2v) is 4.08. The summed E-state index contributed by atoms with van der Waals surface area (Å²) < 4.78 is 0. The van der Waals surface area contributed by atoms with Crippen molar-refractivity contribution >= 4 is 17.6 Å². The molecule has 0 saturated carbocycles. The van der Waals surface area contributed by atoms with Crippen LogP contribution in [0.1, 0.15) is 18.0 Å². The summed E-state index contributed by atoms with van der Waals surface area (Å²) in [4.78, 5) is 12.2. The van der Waals surface area contributed by atoms with E-state index in [0.29, 0.717) is 17.1 Å². The van der Waals surface area contributed by atoms with Crippen molar-refractivity contribution in [3.05, 3.63) is 34.9 Å². The van der Waals surface area contributed by atoms with Crippen molar-refractivity contribution in [2.45, 2.75) is 12.5 Å². The Morgan fingerprint density at radius 2 is 2.24 bits per heavy atom. The summed E-state index contributed by atoms with van der Waals surface area (Å²) in [6.45, 7) is 0.304. The van der Waals surface area contributed by atoms with Crippen LogP contribution in [0.2, 0.25) is 5.02 Å². The van der Waals surface area contributed by atoms with Crippen molar-refractivity contribution in [2.75, 3.05) is 13.6 Å². The van der Waals surface area contributed by atoms with E-state index in [4.69, 9.17) is 22.0 Å². The van der Waals surface area contributed by atoms with E-state index < -0.39 is 12.0 Å². The summed E-state index contributed by atoms with van der Waals surface area (Å²) in [5, 5.41) is 18.3. The van der Waals surface area contributed by atoms with E-state index in [-0.39, 0.29) is 6.42 Å². The third-order valence-corrected chi connectivity index (χ3v) is 2.79. The summed E-state index contributed by atoms with van der Waals surface area (Å²) in [6.07, 6.45) is -0.000860.